The fourth-order valence-electron chi connectivity index (χ4n) is 2.61. The third-order valence-corrected chi connectivity index (χ3v) is 5.89. The minimum atomic E-state index is -4.18. The highest BCUT2D eigenvalue weighted by molar-refractivity contribution is 7.89. The van der Waals surface area contributed by atoms with Crippen molar-refractivity contribution in [3.63, 3.8) is 0 Å². The average Bonchev–Trinajstić information content (AvgIpc) is 2.56. The van der Waals surface area contributed by atoms with Gasteiger partial charge in [-0.2, -0.15) is 4.31 Å². The summed E-state index contributed by atoms with van der Waals surface area (Å²) in [7, 11) is -4.18. The van der Waals surface area contributed by atoms with Crippen LogP contribution >= 0.6 is 0 Å². The zero-order valence-corrected chi connectivity index (χ0v) is 14.1. The average molecular weight is 376 g/mol. The molecule has 0 bridgehead atoms. The lowest BCUT2D eigenvalue weighted by Crippen LogP contribution is -2.43. The zero-order chi connectivity index (χ0) is 18.6. The molecule has 138 valence electrons. The van der Waals surface area contributed by atoms with Crippen LogP contribution in [0.5, 0.6) is 0 Å². The van der Waals surface area contributed by atoms with Crippen LogP contribution in [0.3, 0.4) is 0 Å². The molecule has 0 atom stereocenters. The second-order valence-corrected chi connectivity index (χ2v) is 7.59. The number of nitrogens with zero attached hydrogens (tertiary/aromatic N) is 1. The molecule has 1 aliphatic heterocycles. The molecule has 1 aliphatic rings. The SMILES string of the molecule is O=C(O)CCNC(=O)C1CCN(S(=O)(=O)c2cc(F)ccc2F)CC1. The Morgan fingerprint density at radius 3 is 2.48 bits per heavy atom. The first-order valence-corrected chi connectivity index (χ1v) is 9.10. The van der Waals surface area contributed by atoms with Crippen LogP contribution in [-0.2, 0) is 19.6 Å². The Morgan fingerprint density at radius 2 is 1.88 bits per heavy atom. The summed E-state index contributed by atoms with van der Waals surface area (Å²) in [5, 5.41) is 11.0. The topological polar surface area (TPSA) is 104 Å². The molecular formula is C15H18F2N2O5S. The summed E-state index contributed by atoms with van der Waals surface area (Å²) in [6.07, 6.45) is 0.238. The maximum absolute atomic E-state index is 13.7. The molecule has 10 heteroatoms. The number of carbonyl (C=O) groups is 2. The Bertz CT molecular complexity index is 761. The van der Waals surface area contributed by atoms with E-state index in [0.29, 0.717) is 6.07 Å². The molecule has 2 rings (SSSR count). The summed E-state index contributed by atoms with van der Waals surface area (Å²) in [5.41, 5.74) is 0. The van der Waals surface area contributed by atoms with E-state index in [1.807, 2.05) is 0 Å². The second kappa shape index (κ2) is 7.87. The minimum absolute atomic E-state index is 0.00117. The van der Waals surface area contributed by atoms with Crippen molar-refractivity contribution in [2.45, 2.75) is 24.2 Å². The van der Waals surface area contributed by atoms with Gasteiger partial charge in [-0.1, -0.05) is 0 Å². The maximum atomic E-state index is 13.7. The molecule has 0 unspecified atom stereocenters. The number of benzene rings is 1. The lowest BCUT2D eigenvalue weighted by atomic mass is 9.97. The van der Waals surface area contributed by atoms with E-state index in [4.69, 9.17) is 5.11 Å². The number of hydrogen-bond acceptors (Lipinski definition) is 4. The predicted molar refractivity (Wildman–Crippen MR) is 83.1 cm³/mol. The van der Waals surface area contributed by atoms with E-state index >= 15 is 0 Å². The van der Waals surface area contributed by atoms with E-state index in [-0.39, 0.29) is 44.8 Å². The van der Waals surface area contributed by atoms with Crippen molar-refractivity contribution in [1.82, 2.24) is 9.62 Å². The van der Waals surface area contributed by atoms with Crippen molar-refractivity contribution >= 4 is 21.9 Å². The number of carboxylic acids is 1. The van der Waals surface area contributed by atoms with Crippen LogP contribution in [0.15, 0.2) is 23.1 Å². The number of carboxylic acid groups (broad SMARTS) is 1. The molecule has 1 aromatic rings. The normalized spacial score (nSPS) is 16.6. The van der Waals surface area contributed by atoms with Crippen LogP contribution in [0.25, 0.3) is 0 Å². The molecule has 1 saturated heterocycles. The van der Waals surface area contributed by atoms with Gasteiger partial charge in [-0.3, -0.25) is 9.59 Å². The number of halogens is 2. The summed E-state index contributed by atoms with van der Waals surface area (Å²) in [6.45, 7) is -0.00814. The molecule has 0 spiro atoms. The van der Waals surface area contributed by atoms with Crippen molar-refractivity contribution in [2.24, 2.45) is 5.92 Å². The number of aliphatic carboxylic acids is 1. The molecule has 0 aromatic heterocycles. The molecule has 7 nitrogen and oxygen atoms in total. The Kier molecular flexibility index (Phi) is 6.07. The third-order valence-electron chi connectivity index (χ3n) is 3.97. The predicted octanol–water partition coefficient (Wildman–Crippen LogP) is 0.956. The molecule has 0 saturated carbocycles. The van der Waals surface area contributed by atoms with Gasteiger partial charge in [-0.15, -0.1) is 0 Å². The van der Waals surface area contributed by atoms with Crippen molar-refractivity contribution in [1.29, 1.82) is 0 Å². The van der Waals surface area contributed by atoms with Gasteiger partial charge in [0.1, 0.15) is 16.5 Å². The van der Waals surface area contributed by atoms with E-state index in [2.05, 4.69) is 5.32 Å². The van der Waals surface area contributed by atoms with Gasteiger partial charge in [0, 0.05) is 25.6 Å². The fraction of sp³-hybridized carbons (Fsp3) is 0.467. The van der Waals surface area contributed by atoms with Crippen LogP contribution in [0.1, 0.15) is 19.3 Å². The van der Waals surface area contributed by atoms with E-state index in [9.17, 15) is 26.8 Å². The van der Waals surface area contributed by atoms with Crippen molar-refractivity contribution < 1.29 is 31.9 Å². The molecule has 25 heavy (non-hydrogen) atoms. The molecule has 0 radical (unpaired) electrons. The van der Waals surface area contributed by atoms with Gasteiger partial charge in [0.05, 0.1) is 6.42 Å². The van der Waals surface area contributed by atoms with Crippen LogP contribution < -0.4 is 5.32 Å². The number of piperidine rings is 1. The van der Waals surface area contributed by atoms with Gasteiger partial charge in [0.2, 0.25) is 15.9 Å². The van der Waals surface area contributed by atoms with E-state index in [0.717, 1.165) is 16.4 Å². The minimum Gasteiger partial charge on any atom is -0.481 e. The lowest BCUT2D eigenvalue weighted by Gasteiger charge is -2.30. The summed E-state index contributed by atoms with van der Waals surface area (Å²) in [6, 6.07) is 2.22. The summed E-state index contributed by atoms with van der Waals surface area (Å²) in [5.74, 6) is -3.70. The van der Waals surface area contributed by atoms with Crippen LogP contribution in [-0.4, -0.2) is 49.3 Å². The third kappa shape index (κ3) is 4.73. The van der Waals surface area contributed by atoms with Crippen LogP contribution in [0.4, 0.5) is 8.78 Å². The summed E-state index contributed by atoms with van der Waals surface area (Å²) < 4.78 is 52.9. The number of hydrogen-bond donors (Lipinski definition) is 2. The van der Waals surface area contributed by atoms with Gasteiger partial charge >= 0.3 is 5.97 Å². The highest BCUT2D eigenvalue weighted by atomic mass is 32.2. The molecule has 1 heterocycles. The highest BCUT2D eigenvalue weighted by Gasteiger charge is 2.33. The Balaban J connectivity index is 1.98. The zero-order valence-electron chi connectivity index (χ0n) is 13.2. The standard InChI is InChI=1S/C15H18F2N2O5S/c16-11-1-2-12(17)13(9-11)25(23,24)19-7-4-10(5-8-19)15(22)18-6-3-14(20)21/h1-2,9-10H,3-8H2,(H,18,22)(H,20,21). The van der Waals surface area contributed by atoms with E-state index < -0.39 is 38.4 Å². The second-order valence-electron chi connectivity index (χ2n) is 5.69. The molecule has 1 aromatic carbocycles. The van der Waals surface area contributed by atoms with Crippen molar-refractivity contribution in [3.8, 4) is 0 Å². The van der Waals surface area contributed by atoms with Crippen LogP contribution in [0.2, 0.25) is 0 Å². The maximum Gasteiger partial charge on any atom is 0.305 e. The first-order chi connectivity index (χ1) is 11.7. The quantitative estimate of drug-likeness (QED) is 0.770. The van der Waals surface area contributed by atoms with Gasteiger partial charge in [0.25, 0.3) is 0 Å². The fourth-order valence-corrected chi connectivity index (χ4v) is 4.15. The number of sulfonamides is 1. The van der Waals surface area contributed by atoms with E-state index in [1.165, 1.54) is 0 Å². The highest BCUT2D eigenvalue weighted by Crippen LogP contribution is 2.26. The summed E-state index contributed by atoms with van der Waals surface area (Å²) >= 11 is 0. The number of rotatable bonds is 6. The van der Waals surface area contributed by atoms with Gasteiger partial charge < -0.3 is 10.4 Å². The van der Waals surface area contributed by atoms with Gasteiger partial charge in [0.15, 0.2) is 0 Å². The Labute approximate surface area is 143 Å². The van der Waals surface area contributed by atoms with Crippen molar-refractivity contribution in [2.75, 3.05) is 19.6 Å². The molecule has 1 amide bonds. The van der Waals surface area contributed by atoms with Gasteiger partial charge in [-0.25, -0.2) is 17.2 Å². The number of carbonyl (C=O) groups excluding carboxylic acids is 1. The van der Waals surface area contributed by atoms with Gasteiger partial charge in [-0.05, 0) is 31.0 Å². The Morgan fingerprint density at radius 1 is 1.24 bits per heavy atom. The van der Waals surface area contributed by atoms with E-state index in [1.54, 1.807) is 0 Å². The number of nitrogens with one attached hydrogen (secondary N) is 1. The smallest absolute Gasteiger partial charge is 0.305 e. The monoisotopic (exact) mass is 376 g/mol. The lowest BCUT2D eigenvalue weighted by molar-refractivity contribution is -0.137. The molecule has 1 fully saturated rings. The molecule has 2 N–H and O–H groups in total. The first-order valence-electron chi connectivity index (χ1n) is 7.66. The molecule has 0 aliphatic carbocycles. The number of amides is 1. The Hall–Kier alpha value is -2.07. The van der Waals surface area contributed by atoms with Crippen LogP contribution in [0, 0.1) is 17.6 Å². The summed E-state index contributed by atoms with van der Waals surface area (Å²) in [4.78, 5) is 21.6. The van der Waals surface area contributed by atoms with Crippen molar-refractivity contribution in [3.05, 3.63) is 29.8 Å². The first kappa shape index (κ1) is 19.3. The largest absolute Gasteiger partial charge is 0.481 e. The molecular weight excluding hydrogens is 358 g/mol.